The molecule has 0 bridgehead atoms. The van der Waals surface area contributed by atoms with Crippen molar-refractivity contribution in [2.24, 2.45) is 0 Å². The molecule has 0 unspecified atom stereocenters. The highest BCUT2D eigenvalue weighted by Crippen LogP contribution is 2.29. The number of anilines is 2. The number of hydrogen-bond donors (Lipinski definition) is 3. The van der Waals surface area contributed by atoms with Gasteiger partial charge < -0.3 is 25.3 Å². The monoisotopic (exact) mass is 566 g/mol. The van der Waals surface area contributed by atoms with Gasteiger partial charge in [0.1, 0.15) is 17.8 Å². The van der Waals surface area contributed by atoms with Gasteiger partial charge in [-0.3, -0.25) is 19.5 Å². The number of nitrogens with one attached hydrogen (secondary N) is 3. The molecule has 1 atom stereocenters. The maximum absolute atomic E-state index is 13.1. The van der Waals surface area contributed by atoms with Crippen LogP contribution in [-0.2, 0) is 16.1 Å². The van der Waals surface area contributed by atoms with Crippen LogP contribution in [0, 0.1) is 0 Å². The number of rotatable bonds is 8. The third-order valence-corrected chi connectivity index (χ3v) is 7.67. The summed E-state index contributed by atoms with van der Waals surface area (Å²) in [5.74, 6) is 0.539. The zero-order chi connectivity index (χ0) is 28.9. The third kappa shape index (κ3) is 6.32. The van der Waals surface area contributed by atoms with Crippen molar-refractivity contribution >= 4 is 34.4 Å². The second-order valence-electron chi connectivity index (χ2n) is 10.6. The predicted octanol–water partition coefficient (Wildman–Crippen LogP) is 3.38. The molecule has 2 amide bonds. The van der Waals surface area contributed by atoms with E-state index in [2.05, 4.69) is 53.0 Å². The normalized spacial score (nSPS) is 17.6. The van der Waals surface area contributed by atoms with Gasteiger partial charge in [-0.2, -0.15) is 0 Å². The first-order valence-corrected chi connectivity index (χ1v) is 14.2. The predicted molar refractivity (Wildman–Crippen MR) is 161 cm³/mol. The molecule has 4 aromatic rings. The lowest BCUT2D eigenvalue weighted by atomic mass is 10.0. The summed E-state index contributed by atoms with van der Waals surface area (Å²) in [5.41, 5.74) is 4.83. The Hall–Kier alpha value is -4.61. The summed E-state index contributed by atoms with van der Waals surface area (Å²) in [5, 5.41) is 6.94. The number of likely N-dealkylation sites (tertiary alicyclic amines) is 1. The van der Waals surface area contributed by atoms with Crippen molar-refractivity contribution in [3.63, 3.8) is 0 Å². The fourth-order valence-electron chi connectivity index (χ4n) is 5.58. The van der Waals surface area contributed by atoms with Crippen LogP contribution < -0.4 is 15.5 Å². The fraction of sp³-hybridized carbons (Fsp3) is 0.323. The van der Waals surface area contributed by atoms with Gasteiger partial charge in [-0.05, 0) is 60.9 Å². The van der Waals surface area contributed by atoms with Gasteiger partial charge in [-0.25, -0.2) is 9.97 Å². The van der Waals surface area contributed by atoms with E-state index in [9.17, 15) is 9.59 Å². The first kappa shape index (κ1) is 27.6. The number of benzene rings is 1. The highest BCUT2D eigenvalue weighted by molar-refractivity contribution is 6.04. The quantitative estimate of drug-likeness (QED) is 0.277. The minimum absolute atomic E-state index is 0.0933. The summed E-state index contributed by atoms with van der Waals surface area (Å²) in [4.78, 5) is 45.9. The van der Waals surface area contributed by atoms with Crippen LogP contribution in [0.3, 0.4) is 0 Å². The summed E-state index contributed by atoms with van der Waals surface area (Å²) in [6.07, 6.45) is 8.19. The van der Waals surface area contributed by atoms with Gasteiger partial charge in [0.15, 0.2) is 0 Å². The molecular formula is C31H34N8O3. The van der Waals surface area contributed by atoms with Crippen LogP contribution in [0.5, 0.6) is 0 Å². The van der Waals surface area contributed by atoms with E-state index < -0.39 is 0 Å². The van der Waals surface area contributed by atoms with Crippen molar-refractivity contribution in [2.75, 3.05) is 49.6 Å². The molecule has 42 heavy (non-hydrogen) atoms. The van der Waals surface area contributed by atoms with Crippen LogP contribution >= 0.6 is 0 Å². The average Bonchev–Trinajstić information content (AvgIpc) is 3.47. The zero-order valence-corrected chi connectivity index (χ0v) is 23.4. The molecule has 0 spiro atoms. The highest BCUT2D eigenvalue weighted by Gasteiger charge is 2.21. The fourth-order valence-corrected chi connectivity index (χ4v) is 5.58. The van der Waals surface area contributed by atoms with E-state index in [-0.39, 0.29) is 17.9 Å². The molecule has 11 nitrogen and oxygen atoms in total. The van der Waals surface area contributed by atoms with E-state index in [1.54, 1.807) is 18.7 Å². The Kier molecular flexibility index (Phi) is 8.20. The molecule has 11 heteroatoms. The maximum atomic E-state index is 13.1. The number of ether oxygens (including phenoxy) is 1. The number of hydrogen-bond acceptors (Lipinski definition) is 8. The molecule has 0 saturated carbocycles. The Morgan fingerprint density at radius 3 is 2.74 bits per heavy atom. The Balaban J connectivity index is 1.10. The number of piperidine rings is 1. The summed E-state index contributed by atoms with van der Waals surface area (Å²) in [7, 11) is 0. The number of morpholine rings is 1. The second-order valence-corrected chi connectivity index (χ2v) is 10.6. The Bertz CT molecular complexity index is 1580. The molecule has 2 saturated heterocycles. The lowest BCUT2D eigenvalue weighted by molar-refractivity contribution is -0.117. The first-order valence-electron chi connectivity index (χ1n) is 14.2. The number of pyridine rings is 1. The average molecular weight is 567 g/mol. The molecule has 3 aromatic heterocycles. The largest absolute Gasteiger partial charge is 0.378 e. The SMILES string of the molecule is C=CC(=O)N[C@@H]1CCCN(Cc2cncc(C(=O)Nc3ccc(-c4cc5c(N6CCOCC6)ncnc5[nH]4)cc3)c2)C1. The second kappa shape index (κ2) is 12.5. The van der Waals surface area contributed by atoms with Gasteiger partial charge in [0, 0.05) is 56.0 Å². The summed E-state index contributed by atoms with van der Waals surface area (Å²) in [6.45, 7) is 8.84. The minimum atomic E-state index is -0.220. The smallest absolute Gasteiger partial charge is 0.257 e. The molecule has 216 valence electrons. The van der Waals surface area contributed by atoms with Crippen LogP contribution in [0.15, 0.2) is 67.8 Å². The van der Waals surface area contributed by atoms with Gasteiger partial charge >= 0.3 is 0 Å². The van der Waals surface area contributed by atoms with Gasteiger partial charge in [0.2, 0.25) is 5.91 Å². The number of carbonyl (C=O) groups excluding carboxylic acids is 2. The molecule has 0 radical (unpaired) electrons. The molecule has 2 aliphatic heterocycles. The van der Waals surface area contributed by atoms with Crippen molar-refractivity contribution < 1.29 is 14.3 Å². The van der Waals surface area contributed by atoms with Crippen LogP contribution in [0.1, 0.15) is 28.8 Å². The van der Waals surface area contributed by atoms with E-state index in [0.717, 1.165) is 72.7 Å². The maximum Gasteiger partial charge on any atom is 0.257 e. The van der Waals surface area contributed by atoms with Crippen LogP contribution in [0.2, 0.25) is 0 Å². The number of fused-ring (bicyclic) bond motifs is 1. The van der Waals surface area contributed by atoms with Crippen molar-refractivity contribution in [3.8, 4) is 11.3 Å². The van der Waals surface area contributed by atoms with Crippen LogP contribution in [-0.4, -0.2) is 82.1 Å². The summed E-state index contributed by atoms with van der Waals surface area (Å²) in [6, 6.07) is 11.7. The van der Waals surface area contributed by atoms with Crippen molar-refractivity contribution in [1.82, 2.24) is 30.2 Å². The molecule has 0 aliphatic carbocycles. The Labute approximate surface area is 244 Å². The van der Waals surface area contributed by atoms with E-state index in [1.165, 1.54) is 6.08 Å². The van der Waals surface area contributed by atoms with E-state index in [4.69, 9.17) is 4.74 Å². The third-order valence-electron chi connectivity index (χ3n) is 7.67. The number of aromatic amines is 1. The van der Waals surface area contributed by atoms with Crippen molar-refractivity contribution in [3.05, 3.63) is 78.9 Å². The summed E-state index contributed by atoms with van der Waals surface area (Å²) < 4.78 is 5.49. The Morgan fingerprint density at radius 1 is 1.10 bits per heavy atom. The van der Waals surface area contributed by atoms with Gasteiger partial charge in [-0.1, -0.05) is 18.7 Å². The minimum Gasteiger partial charge on any atom is -0.378 e. The molecule has 2 aliphatic rings. The molecule has 5 heterocycles. The molecule has 3 N–H and O–H groups in total. The molecule has 2 fully saturated rings. The molecule has 1 aromatic carbocycles. The van der Waals surface area contributed by atoms with Crippen molar-refractivity contribution in [1.29, 1.82) is 0 Å². The Morgan fingerprint density at radius 2 is 1.93 bits per heavy atom. The number of aromatic nitrogens is 4. The molecular weight excluding hydrogens is 532 g/mol. The first-order chi connectivity index (χ1) is 20.6. The topological polar surface area (TPSA) is 128 Å². The number of carbonyl (C=O) groups is 2. The van der Waals surface area contributed by atoms with Crippen LogP contribution in [0.25, 0.3) is 22.3 Å². The standard InChI is InChI=1S/C31H34N8O3/c1-2-28(40)35-25-4-3-9-38(19-25)18-21-14-23(17-32-16-21)31(41)36-24-7-5-22(6-8-24)27-15-26-29(37-27)33-20-34-30(26)39-10-12-42-13-11-39/h2,5-8,14-17,20,25H,1,3-4,9-13,18-19H2,(H,35,40)(H,36,41)(H,33,34,37)/t25-/m1/s1. The van der Waals surface area contributed by atoms with Crippen molar-refractivity contribution in [2.45, 2.75) is 25.4 Å². The van der Waals surface area contributed by atoms with Crippen LogP contribution in [0.4, 0.5) is 11.5 Å². The van der Waals surface area contributed by atoms with Gasteiger partial charge in [-0.15, -0.1) is 0 Å². The van der Waals surface area contributed by atoms with E-state index in [0.29, 0.717) is 31.0 Å². The van der Waals surface area contributed by atoms with E-state index >= 15 is 0 Å². The molecule has 6 rings (SSSR count). The van der Waals surface area contributed by atoms with E-state index in [1.807, 2.05) is 30.3 Å². The van der Waals surface area contributed by atoms with Gasteiger partial charge in [0.25, 0.3) is 5.91 Å². The van der Waals surface area contributed by atoms with Gasteiger partial charge in [0.05, 0.1) is 24.2 Å². The number of H-pyrrole nitrogens is 1. The summed E-state index contributed by atoms with van der Waals surface area (Å²) >= 11 is 0. The lowest BCUT2D eigenvalue weighted by Gasteiger charge is -2.32. The zero-order valence-electron chi connectivity index (χ0n) is 23.4. The lowest BCUT2D eigenvalue weighted by Crippen LogP contribution is -2.46. The highest BCUT2D eigenvalue weighted by atomic mass is 16.5. The number of nitrogens with zero attached hydrogens (tertiary/aromatic N) is 5. The number of amides is 2.